The minimum absolute atomic E-state index is 0.782. The first-order valence-corrected chi connectivity index (χ1v) is 9.94. The lowest BCUT2D eigenvalue weighted by molar-refractivity contribution is 0.221. The Hall–Kier alpha value is -2.41. The number of halogens is 1. The van der Waals surface area contributed by atoms with Crippen LogP contribution in [0.25, 0.3) is 11.1 Å². The topological polar surface area (TPSA) is 0 Å². The van der Waals surface area contributed by atoms with Gasteiger partial charge in [0.1, 0.15) is 5.67 Å². The molecule has 0 aliphatic carbocycles. The lowest BCUT2D eigenvalue weighted by Crippen LogP contribution is -2.09. The maximum atomic E-state index is 13.6. The average molecular weight is 379 g/mol. The molecule has 0 heterocycles. The van der Waals surface area contributed by atoms with E-state index in [-0.39, 0.29) is 0 Å². The Kier molecular flexibility index (Phi) is 9.12. The number of allylic oxidation sites excluding steroid dienone is 5. The summed E-state index contributed by atoms with van der Waals surface area (Å²) in [5.41, 5.74) is 6.76. The van der Waals surface area contributed by atoms with E-state index in [1.54, 1.807) is 13.8 Å². The van der Waals surface area contributed by atoms with Crippen LogP contribution in [0.2, 0.25) is 0 Å². The summed E-state index contributed by atoms with van der Waals surface area (Å²) < 4.78 is 13.6. The van der Waals surface area contributed by atoms with Crippen molar-refractivity contribution in [3.05, 3.63) is 95.1 Å². The zero-order valence-corrected chi connectivity index (χ0v) is 18.6. The molecule has 2 rings (SSSR count). The SMILES string of the molecule is C=C(C)c1ccc(/C(C)=C/C=C\C)cc1.CCc1cc(C)cc(C(C)(C)F)c1. The molecule has 0 atom stereocenters. The van der Waals surface area contributed by atoms with Crippen LogP contribution in [-0.2, 0) is 12.1 Å². The van der Waals surface area contributed by atoms with Gasteiger partial charge in [-0.25, -0.2) is 4.39 Å². The molecule has 1 heteroatoms. The van der Waals surface area contributed by atoms with E-state index in [1.165, 1.54) is 22.3 Å². The molecule has 0 saturated carbocycles. The van der Waals surface area contributed by atoms with Crippen molar-refractivity contribution in [1.29, 1.82) is 0 Å². The first kappa shape index (κ1) is 23.6. The second-order valence-electron chi connectivity index (χ2n) is 7.77. The number of benzene rings is 2. The van der Waals surface area contributed by atoms with Crippen LogP contribution in [-0.4, -0.2) is 0 Å². The smallest absolute Gasteiger partial charge is 0.130 e. The molecular weight excluding hydrogens is 343 g/mol. The second kappa shape index (κ2) is 10.8. The summed E-state index contributed by atoms with van der Waals surface area (Å²) in [4.78, 5) is 0. The van der Waals surface area contributed by atoms with E-state index in [0.29, 0.717) is 0 Å². The van der Waals surface area contributed by atoms with Crippen molar-refractivity contribution in [2.45, 2.75) is 60.6 Å². The van der Waals surface area contributed by atoms with Crippen molar-refractivity contribution in [3.8, 4) is 0 Å². The van der Waals surface area contributed by atoms with E-state index in [4.69, 9.17) is 0 Å². The normalized spacial score (nSPS) is 11.9. The maximum absolute atomic E-state index is 13.6. The highest BCUT2D eigenvalue weighted by Crippen LogP contribution is 2.26. The zero-order valence-electron chi connectivity index (χ0n) is 18.6. The Morgan fingerprint density at radius 3 is 2.07 bits per heavy atom. The van der Waals surface area contributed by atoms with E-state index in [2.05, 4.69) is 62.9 Å². The van der Waals surface area contributed by atoms with Gasteiger partial charge in [0.25, 0.3) is 0 Å². The van der Waals surface area contributed by atoms with Gasteiger partial charge in [-0.1, -0.05) is 85.3 Å². The van der Waals surface area contributed by atoms with Gasteiger partial charge in [0.05, 0.1) is 0 Å². The zero-order chi connectivity index (χ0) is 21.3. The van der Waals surface area contributed by atoms with Crippen LogP contribution < -0.4 is 0 Å². The number of rotatable bonds is 5. The lowest BCUT2D eigenvalue weighted by Gasteiger charge is -2.16. The fraction of sp³-hybridized carbons (Fsp3) is 0.333. The number of aryl methyl sites for hydroxylation is 2. The molecule has 150 valence electrons. The lowest BCUT2D eigenvalue weighted by atomic mass is 9.95. The van der Waals surface area contributed by atoms with Gasteiger partial charge < -0.3 is 0 Å². The summed E-state index contributed by atoms with van der Waals surface area (Å²) in [5, 5.41) is 0. The van der Waals surface area contributed by atoms with E-state index in [1.807, 2.05) is 39.0 Å². The molecular formula is C27H35F. The average Bonchev–Trinajstić information content (AvgIpc) is 2.65. The van der Waals surface area contributed by atoms with Gasteiger partial charge in [-0.2, -0.15) is 0 Å². The molecule has 0 aliphatic rings. The summed E-state index contributed by atoms with van der Waals surface area (Å²) >= 11 is 0. The molecule has 0 nitrogen and oxygen atoms in total. The second-order valence-corrected chi connectivity index (χ2v) is 7.77. The number of alkyl halides is 1. The Bertz CT molecular complexity index is 828. The molecule has 0 radical (unpaired) electrons. The largest absolute Gasteiger partial charge is 0.239 e. The fourth-order valence-electron chi connectivity index (χ4n) is 2.76. The van der Waals surface area contributed by atoms with Gasteiger partial charge in [0.2, 0.25) is 0 Å². The van der Waals surface area contributed by atoms with Gasteiger partial charge in [0.15, 0.2) is 0 Å². The highest BCUT2D eigenvalue weighted by atomic mass is 19.1. The van der Waals surface area contributed by atoms with Crippen LogP contribution >= 0.6 is 0 Å². The fourth-order valence-corrected chi connectivity index (χ4v) is 2.76. The third-order valence-electron chi connectivity index (χ3n) is 4.60. The predicted octanol–water partition coefficient (Wildman–Crippen LogP) is 8.46. The first-order valence-electron chi connectivity index (χ1n) is 9.94. The maximum Gasteiger partial charge on any atom is 0.130 e. The molecule has 2 aromatic rings. The van der Waals surface area contributed by atoms with E-state index in [0.717, 1.165) is 23.1 Å². The molecule has 0 saturated heterocycles. The number of hydrogen-bond acceptors (Lipinski definition) is 0. The van der Waals surface area contributed by atoms with Crippen LogP contribution in [0.5, 0.6) is 0 Å². The quantitative estimate of drug-likeness (QED) is 0.458. The molecule has 0 unspecified atom stereocenters. The third-order valence-corrected chi connectivity index (χ3v) is 4.60. The molecule has 0 fully saturated rings. The van der Waals surface area contributed by atoms with Gasteiger partial charge >= 0.3 is 0 Å². The molecule has 0 bridgehead atoms. The van der Waals surface area contributed by atoms with E-state index >= 15 is 0 Å². The standard InChI is InChI=1S/C15H18.C12H17F/c1-5-6-7-13(4)15-10-8-14(9-11-15)12(2)3;1-5-10-6-9(2)7-11(8-10)12(3,4)13/h5-11H,2H2,1,3-4H3;6-8H,5H2,1-4H3/b6-5-,13-7+;. The van der Waals surface area contributed by atoms with Gasteiger partial charge in [0, 0.05) is 0 Å². The van der Waals surface area contributed by atoms with E-state index < -0.39 is 5.67 Å². The minimum Gasteiger partial charge on any atom is -0.239 e. The molecule has 0 N–H and O–H groups in total. The van der Waals surface area contributed by atoms with Gasteiger partial charge in [-0.15, -0.1) is 0 Å². The van der Waals surface area contributed by atoms with Crippen LogP contribution in [0.1, 0.15) is 69.4 Å². The molecule has 0 aliphatic heterocycles. The van der Waals surface area contributed by atoms with Crippen LogP contribution in [0.4, 0.5) is 4.39 Å². The third kappa shape index (κ3) is 7.68. The van der Waals surface area contributed by atoms with Crippen LogP contribution in [0.15, 0.2) is 67.3 Å². The monoisotopic (exact) mass is 378 g/mol. The van der Waals surface area contributed by atoms with Crippen molar-refractivity contribution >= 4 is 11.1 Å². The Morgan fingerprint density at radius 2 is 1.61 bits per heavy atom. The molecule has 2 aromatic carbocycles. The molecule has 0 amide bonds. The Morgan fingerprint density at radius 1 is 1.04 bits per heavy atom. The molecule has 0 aromatic heterocycles. The summed E-state index contributed by atoms with van der Waals surface area (Å²) in [6.07, 6.45) is 7.17. The van der Waals surface area contributed by atoms with Gasteiger partial charge in [-0.3, -0.25) is 0 Å². The van der Waals surface area contributed by atoms with Crippen molar-refractivity contribution < 1.29 is 4.39 Å². The number of hydrogen-bond donors (Lipinski definition) is 0. The summed E-state index contributed by atoms with van der Waals surface area (Å²) in [5.74, 6) is 0. The first-order chi connectivity index (χ1) is 13.1. The Balaban J connectivity index is 0.000000283. The molecule has 28 heavy (non-hydrogen) atoms. The Labute approximate surface area is 171 Å². The van der Waals surface area contributed by atoms with Crippen molar-refractivity contribution in [2.24, 2.45) is 0 Å². The summed E-state index contributed by atoms with van der Waals surface area (Å²) in [7, 11) is 0. The molecule has 0 spiro atoms. The summed E-state index contributed by atoms with van der Waals surface area (Å²) in [6.45, 7) is 17.4. The van der Waals surface area contributed by atoms with E-state index in [9.17, 15) is 4.39 Å². The minimum atomic E-state index is -1.23. The van der Waals surface area contributed by atoms with Crippen LogP contribution in [0, 0.1) is 6.92 Å². The van der Waals surface area contributed by atoms with Crippen LogP contribution in [0.3, 0.4) is 0 Å². The highest BCUT2D eigenvalue weighted by molar-refractivity contribution is 5.68. The van der Waals surface area contributed by atoms with Gasteiger partial charge in [-0.05, 0) is 75.8 Å². The van der Waals surface area contributed by atoms with Crippen molar-refractivity contribution in [3.63, 3.8) is 0 Å². The highest BCUT2D eigenvalue weighted by Gasteiger charge is 2.18. The van der Waals surface area contributed by atoms with Crippen molar-refractivity contribution in [2.75, 3.05) is 0 Å². The predicted molar refractivity (Wildman–Crippen MR) is 124 cm³/mol. The summed E-state index contributed by atoms with van der Waals surface area (Å²) in [6, 6.07) is 14.5. The van der Waals surface area contributed by atoms with Crippen molar-refractivity contribution in [1.82, 2.24) is 0 Å².